The van der Waals surface area contributed by atoms with E-state index < -0.39 is 0 Å². The van der Waals surface area contributed by atoms with Crippen LogP contribution < -0.4 is 4.90 Å². The van der Waals surface area contributed by atoms with Crippen molar-refractivity contribution in [2.24, 2.45) is 0 Å². The molecule has 135 valence electrons. The molecular formula is C21H24N3OS. The SMILES string of the molecule is [O]c1cc(N2CCN(CCCCc3ccccc3)CC2)c2ncsc2c1. The van der Waals surface area contributed by atoms with Gasteiger partial charge >= 0.3 is 0 Å². The number of benzene rings is 2. The Hall–Kier alpha value is -2.11. The molecule has 1 saturated heterocycles. The fraction of sp³-hybridized carbons (Fsp3) is 0.381. The molecule has 0 amide bonds. The van der Waals surface area contributed by atoms with Gasteiger partial charge in [-0.2, -0.15) is 0 Å². The third-order valence-electron chi connectivity index (χ3n) is 5.14. The molecule has 1 aliphatic heterocycles. The molecule has 0 N–H and O–H groups in total. The number of aryl methyl sites for hydroxylation is 1. The minimum absolute atomic E-state index is 0.0834. The first-order valence-corrected chi connectivity index (χ1v) is 10.2. The number of fused-ring (bicyclic) bond motifs is 1. The first-order valence-electron chi connectivity index (χ1n) is 9.35. The first-order chi connectivity index (χ1) is 12.8. The summed E-state index contributed by atoms with van der Waals surface area (Å²) in [6.07, 6.45) is 3.64. The summed E-state index contributed by atoms with van der Waals surface area (Å²) in [5.74, 6) is 0.0834. The summed E-state index contributed by atoms with van der Waals surface area (Å²) in [6, 6.07) is 14.2. The Bertz CT molecular complexity index is 841. The molecule has 2 aromatic carbocycles. The maximum absolute atomic E-state index is 11.9. The maximum Gasteiger partial charge on any atom is 0.182 e. The van der Waals surface area contributed by atoms with Crippen LogP contribution in [0.25, 0.3) is 10.2 Å². The zero-order valence-corrected chi connectivity index (χ0v) is 15.8. The third-order valence-corrected chi connectivity index (χ3v) is 5.91. The lowest BCUT2D eigenvalue weighted by molar-refractivity contribution is 0.253. The first kappa shape index (κ1) is 17.3. The minimum Gasteiger partial charge on any atom is -0.367 e. The second-order valence-corrected chi connectivity index (χ2v) is 7.80. The van der Waals surface area contributed by atoms with Gasteiger partial charge in [-0.15, -0.1) is 11.3 Å². The summed E-state index contributed by atoms with van der Waals surface area (Å²) >= 11 is 1.54. The zero-order valence-electron chi connectivity index (χ0n) is 14.9. The van der Waals surface area contributed by atoms with Crippen molar-refractivity contribution < 1.29 is 5.11 Å². The van der Waals surface area contributed by atoms with Crippen LogP contribution in [0.4, 0.5) is 5.69 Å². The monoisotopic (exact) mass is 366 g/mol. The van der Waals surface area contributed by atoms with Crippen LogP contribution >= 0.6 is 11.3 Å². The minimum atomic E-state index is 0.0834. The average molecular weight is 367 g/mol. The van der Waals surface area contributed by atoms with Crippen LogP contribution in [-0.4, -0.2) is 42.6 Å². The van der Waals surface area contributed by atoms with Crippen LogP contribution in [0.5, 0.6) is 5.75 Å². The standard InChI is InChI=1S/C21H24N3OS/c25-18-14-19(21-20(15-18)26-16-22-21)24-12-10-23(11-13-24)9-5-4-8-17-6-2-1-3-7-17/h1-3,6-7,14-16H,4-5,8-13H2. The molecule has 4 rings (SSSR count). The maximum atomic E-state index is 11.9. The van der Waals surface area contributed by atoms with Crippen molar-refractivity contribution in [1.82, 2.24) is 9.88 Å². The number of hydrogen-bond donors (Lipinski definition) is 0. The summed E-state index contributed by atoms with van der Waals surface area (Å²) in [6.45, 7) is 5.21. The molecule has 4 nitrogen and oxygen atoms in total. The third kappa shape index (κ3) is 4.00. The number of piperazine rings is 1. The summed E-state index contributed by atoms with van der Waals surface area (Å²) in [5, 5.41) is 11.9. The van der Waals surface area contributed by atoms with Crippen LogP contribution in [0.3, 0.4) is 0 Å². The number of anilines is 1. The van der Waals surface area contributed by atoms with Gasteiger partial charge in [-0.25, -0.2) is 4.98 Å². The van der Waals surface area contributed by atoms with E-state index in [1.54, 1.807) is 23.5 Å². The van der Waals surface area contributed by atoms with E-state index in [4.69, 9.17) is 0 Å². The van der Waals surface area contributed by atoms with E-state index in [0.717, 1.165) is 48.6 Å². The lowest BCUT2D eigenvalue weighted by atomic mass is 10.1. The highest BCUT2D eigenvalue weighted by Gasteiger charge is 2.20. The summed E-state index contributed by atoms with van der Waals surface area (Å²) < 4.78 is 0.996. The zero-order chi connectivity index (χ0) is 17.8. The average Bonchev–Trinajstić information content (AvgIpc) is 3.14. The highest BCUT2D eigenvalue weighted by atomic mass is 32.1. The van der Waals surface area contributed by atoms with E-state index in [9.17, 15) is 5.11 Å². The van der Waals surface area contributed by atoms with E-state index in [-0.39, 0.29) is 5.75 Å². The van der Waals surface area contributed by atoms with E-state index in [1.165, 1.54) is 24.8 Å². The lowest BCUT2D eigenvalue weighted by Crippen LogP contribution is -2.46. The number of unbranched alkanes of at least 4 members (excludes halogenated alkanes) is 1. The molecule has 1 radical (unpaired) electrons. The van der Waals surface area contributed by atoms with Gasteiger partial charge in [0.2, 0.25) is 0 Å². The number of rotatable bonds is 6. The van der Waals surface area contributed by atoms with E-state index in [2.05, 4.69) is 45.1 Å². The van der Waals surface area contributed by atoms with Gasteiger partial charge in [0.25, 0.3) is 0 Å². The molecule has 1 fully saturated rings. The van der Waals surface area contributed by atoms with Crippen LogP contribution in [-0.2, 0) is 11.5 Å². The molecule has 3 aromatic rings. The second kappa shape index (κ2) is 8.06. The van der Waals surface area contributed by atoms with Crippen molar-refractivity contribution in [3.8, 4) is 5.75 Å². The number of thiazole rings is 1. The lowest BCUT2D eigenvalue weighted by Gasteiger charge is -2.36. The van der Waals surface area contributed by atoms with Crippen LogP contribution in [0.2, 0.25) is 0 Å². The quantitative estimate of drug-likeness (QED) is 0.599. The fourth-order valence-corrected chi connectivity index (χ4v) is 4.41. The number of nitrogens with zero attached hydrogens (tertiary/aromatic N) is 3. The Morgan fingerprint density at radius 1 is 1.00 bits per heavy atom. The highest BCUT2D eigenvalue weighted by Crippen LogP contribution is 2.33. The predicted octanol–water partition coefficient (Wildman–Crippen LogP) is 4.59. The van der Waals surface area contributed by atoms with Crippen molar-refractivity contribution in [2.75, 3.05) is 37.6 Å². The highest BCUT2D eigenvalue weighted by molar-refractivity contribution is 7.16. The van der Waals surface area contributed by atoms with Gasteiger partial charge in [0, 0.05) is 38.3 Å². The van der Waals surface area contributed by atoms with Gasteiger partial charge < -0.3 is 4.90 Å². The molecule has 0 bridgehead atoms. The van der Waals surface area contributed by atoms with Crippen LogP contribution in [0, 0.1) is 0 Å². The number of aromatic nitrogens is 1. The Labute approximate surface area is 158 Å². The molecule has 0 atom stereocenters. The molecular weight excluding hydrogens is 342 g/mol. The van der Waals surface area contributed by atoms with Gasteiger partial charge in [0.15, 0.2) is 5.75 Å². The smallest absolute Gasteiger partial charge is 0.182 e. The van der Waals surface area contributed by atoms with Crippen molar-refractivity contribution >= 4 is 27.2 Å². The van der Waals surface area contributed by atoms with Gasteiger partial charge in [-0.1, -0.05) is 30.3 Å². The van der Waals surface area contributed by atoms with Crippen LogP contribution in [0.15, 0.2) is 48.0 Å². The van der Waals surface area contributed by atoms with E-state index in [1.807, 2.05) is 5.51 Å². The molecule has 0 saturated carbocycles. The molecule has 26 heavy (non-hydrogen) atoms. The summed E-state index contributed by atoms with van der Waals surface area (Å²) in [4.78, 5) is 9.33. The molecule has 1 aromatic heterocycles. The summed E-state index contributed by atoms with van der Waals surface area (Å²) in [5.41, 5.74) is 5.25. The predicted molar refractivity (Wildman–Crippen MR) is 108 cm³/mol. The van der Waals surface area contributed by atoms with Gasteiger partial charge in [-0.3, -0.25) is 10.0 Å². The molecule has 2 heterocycles. The Morgan fingerprint density at radius 2 is 1.81 bits per heavy atom. The number of hydrogen-bond acceptors (Lipinski definition) is 4. The Morgan fingerprint density at radius 3 is 2.62 bits per heavy atom. The fourth-order valence-electron chi connectivity index (χ4n) is 3.69. The van der Waals surface area contributed by atoms with Crippen molar-refractivity contribution in [3.63, 3.8) is 0 Å². The Kier molecular flexibility index (Phi) is 5.37. The molecule has 5 heteroatoms. The summed E-state index contributed by atoms with van der Waals surface area (Å²) in [7, 11) is 0. The normalized spacial score (nSPS) is 15.6. The molecule has 0 unspecified atom stereocenters. The van der Waals surface area contributed by atoms with E-state index in [0.29, 0.717) is 0 Å². The Balaban J connectivity index is 1.27. The van der Waals surface area contributed by atoms with Crippen molar-refractivity contribution in [2.45, 2.75) is 19.3 Å². The molecule has 0 aliphatic carbocycles. The molecule has 0 spiro atoms. The van der Waals surface area contributed by atoms with Crippen LogP contribution in [0.1, 0.15) is 18.4 Å². The van der Waals surface area contributed by atoms with Gasteiger partial charge in [0.1, 0.15) is 5.52 Å². The van der Waals surface area contributed by atoms with Crippen molar-refractivity contribution in [3.05, 3.63) is 53.5 Å². The van der Waals surface area contributed by atoms with Gasteiger partial charge in [-0.05, 0) is 31.4 Å². The largest absolute Gasteiger partial charge is 0.367 e. The molecule has 1 aliphatic rings. The topological polar surface area (TPSA) is 39.3 Å². The van der Waals surface area contributed by atoms with Crippen molar-refractivity contribution in [1.29, 1.82) is 0 Å². The second-order valence-electron chi connectivity index (χ2n) is 6.91. The van der Waals surface area contributed by atoms with E-state index >= 15 is 0 Å². The van der Waals surface area contributed by atoms with Gasteiger partial charge in [0.05, 0.1) is 15.9 Å².